The zero-order chi connectivity index (χ0) is 14.3. The summed E-state index contributed by atoms with van der Waals surface area (Å²) < 4.78 is 1.90. The maximum atomic E-state index is 6.13. The summed E-state index contributed by atoms with van der Waals surface area (Å²) >= 11 is 0. The van der Waals surface area contributed by atoms with Crippen molar-refractivity contribution >= 4 is 5.69 Å². The Hall–Kier alpha value is -1.81. The van der Waals surface area contributed by atoms with Gasteiger partial charge in [-0.1, -0.05) is 12.1 Å². The Bertz CT molecular complexity index is 629. The van der Waals surface area contributed by atoms with Gasteiger partial charge in [-0.05, 0) is 37.5 Å². The fourth-order valence-electron chi connectivity index (χ4n) is 3.18. The third-order valence-corrected chi connectivity index (χ3v) is 4.39. The maximum absolute atomic E-state index is 6.13. The molecule has 1 aromatic carbocycles. The van der Waals surface area contributed by atoms with Gasteiger partial charge in [0, 0.05) is 43.6 Å². The Balaban J connectivity index is 1.86. The van der Waals surface area contributed by atoms with Gasteiger partial charge in [0.25, 0.3) is 0 Å². The molecule has 4 heteroatoms. The molecule has 1 unspecified atom stereocenters. The standard InChI is InChI=1S/C16H22N4/c1-11-14(9-19(3)18-11)12(2)20-8-7-13-5-4-6-16(17)15(13)10-20/h4-6,9,12H,7-8,10,17H2,1-3H3. The molecule has 4 nitrogen and oxygen atoms in total. The molecule has 106 valence electrons. The summed E-state index contributed by atoms with van der Waals surface area (Å²) in [6.07, 6.45) is 3.20. The second-order valence-corrected chi connectivity index (χ2v) is 5.72. The van der Waals surface area contributed by atoms with Crippen LogP contribution in [0.2, 0.25) is 0 Å². The minimum absolute atomic E-state index is 0.372. The largest absolute Gasteiger partial charge is 0.398 e. The van der Waals surface area contributed by atoms with E-state index in [1.807, 2.05) is 17.8 Å². The number of benzene rings is 1. The first-order valence-electron chi connectivity index (χ1n) is 7.16. The Kier molecular flexibility index (Phi) is 3.26. The lowest BCUT2D eigenvalue weighted by molar-refractivity contribution is 0.192. The number of aromatic nitrogens is 2. The van der Waals surface area contributed by atoms with Crippen LogP contribution in [-0.4, -0.2) is 21.2 Å². The summed E-state index contributed by atoms with van der Waals surface area (Å²) in [6, 6.07) is 6.63. The van der Waals surface area contributed by atoms with Gasteiger partial charge in [0.2, 0.25) is 0 Å². The number of hydrogen-bond acceptors (Lipinski definition) is 3. The molecule has 1 atom stereocenters. The van der Waals surface area contributed by atoms with Crippen molar-refractivity contribution in [3.05, 3.63) is 46.8 Å². The van der Waals surface area contributed by atoms with Crippen molar-refractivity contribution in [1.29, 1.82) is 0 Å². The number of fused-ring (bicyclic) bond motifs is 1. The Morgan fingerprint density at radius 3 is 2.85 bits per heavy atom. The van der Waals surface area contributed by atoms with Crippen molar-refractivity contribution in [2.75, 3.05) is 12.3 Å². The van der Waals surface area contributed by atoms with Crippen LogP contribution in [-0.2, 0) is 20.0 Å². The molecule has 2 heterocycles. The molecule has 1 aliphatic rings. The number of nitrogens with zero attached hydrogens (tertiary/aromatic N) is 3. The Labute approximate surface area is 120 Å². The first-order chi connectivity index (χ1) is 9.56. The van der Waals surface area contributed by atoms with E-state index in [9.17, 15) is 0 Å². The first-order valence-corrected chi connectivity index (χ1v) is 7.16. The molecule has 0 saturated carbocycles. The molecule has 1 aliphatic heterocycles. The van der Waals surface area contributed by atoms with E-state index in [0.717, 1.165) is 30.9 Å². The van der Waals surface area contributed by atoms with Gasteiger partial charge in [0.05, 0.1) is 5.69 Å². The Morgan fingerprint density at radius 2 is 2.15 bits per heavy atom. The summed E-state index contributed by atoms with van der Waals surface area (Å²) in [6.45, 7) is 6.34. The summed E-state index contributed by atoms with van der Waals surface area (Å²) in [5.41, 5.74) is 12.2. The van der Waals surface area contributed by atoms with Crippen LogP contribution in [0, 0.1) is 6.92 Å². The molecule has 0 radical (unpaired) electrons. The van der Waals surface area contributed by atoms with Crippen LogP contribution in [0.15, 0.2) is 24.4 Å². The highest BCUT2D eigenvalue weighted by molar-refractivity contribution is 5.51. The van der Waals surface area contributed by atoms with Crippen molar-refractivity contribution in [3.63, 3.8) is 0 Å². The molecule has 3 rings (SSSR count). The van der Waals surface area contributed by atoms with Crippen LogP contribution in [0.3, 0.4) is 0 Å². The van der Waals surface area contributed by atoms with E-state index in [2.05, 4.69) is 42.2 Å². The molecule has 0 spiro atoms. The zero-order valence-corrected chi connectivity index (χ0v) is 12.4. The van der Waals surface area contributed by atoms with Crippen LogP contribution >= 0.6 is 0 Å². The topological polar surface area (TPSA) is 47.1 Å². The first kappa shape index (κ1) is 13.2. The number of nitrogen functional groups attached to an aromatic ring is 1. The van der Waals surface area contributed by atoms with Crippen LogP contribution in [0.4, 0.5) is 5.69 Å². The van der Waals surface area contributed by atoms with E-state index >= 15 is 0 Å². The predicted molar refractivity (Wildman–Crippen MR) is 81.3 cm³/mol. The van der Waals surface area contributed by atoms with Gasteiger partial charge in [-0.15, -0.1) is 0 Å². The van der Waals surface area contributed by atoms with Gasteiger partial charge >= 0.3 is 0 Å². The van der Waals surface area contributed by atoms with Crippen molar-refractivity contribution in [1.82, 2.24) is 14.7 Å². The summed E-state index contributed by atoms with van der Waals surface area (Å²) in [5, 5.41) is 4.45. The number of anilines is 1. The van der Waals surface area contributed by atoms with E-state index in [1.54, 1.807) is 0 Å². The average molecular weight is 270 g/mol. The number of aryl methyl sites for hydroxylation is 2. The number of nitrogens with two attached hydrogens (primary N) is 1. The van der Waals surface area contributed by atoms with Crippen LogP contribution in [0.1, 0.15) is 35.3 Å². The molecule has 0 amide bonds. The predicted octanol–water partition coefficient (Wildman–Crippen LogP) is 2.43. The van der Waals surface area contributed by atoms with Crippen molar-refractivity contribution < 1.29 is 0 Å². The Morgan fingerprint density at radius 1 is 1.35 bits per heavy atom. The molecule has 0 fully saturated rings. The summed E-state index contributed by atoms with van der Waals surface area (Å²) in [5.74, 6) is 0. The van der Waals surface area contributed by atoms with Gasteiger partial charge in [0.15, 0.2) is 0 Å². The molecule has 0 aliphatic carbocycles. The van der Waals surface area contributed by atoms with Gasteiger partial charge in [0.1, 0.15) is 0 Å². The van der Waals surface area contributed by atoms with Crippen LogP contribution in [0.5, 0.6) is 0 Å². The molecule has 2 N–H and O–H groups in total. The van der Waals surface area contributed by atoms with E-state index in [1.165, 1.54) is 16.7 Å². The maximum Gasteiger partial charge on any atom is 0.0641 e. The highest BCUT2D eigenvalue weighted by atomic mass is 15.3. The van der Waals surface area contributed by atoms with Crippen LogP contribution in [0.25, 0.3) is 0 Å². The lowest BCUT2D eigenvalue weighted by atomic mass is 9.96. The third-order valence-electron chi connectivity index (χ3n) is 4.39. The van der Waals surface area contributed by atoms with E-state index in [-0.39, 0.29) is 0 Å². The van der Waals surface area contributed by atoms with E-state index in [0.29, 0.717) is 6.04 Å². The van der Waals surface area contributed by atoms with Gasteiger partial charge in [-0.25, -0.2) is 0 Å². The molecule has 2 aromatic rings. The second kappa shape index (κ2) is 4.94. The van der Waals surface area contributed by atoms with E-state index < -0.39 is 0 Å². The monoisotopic (exact) mass is 270 g/mol. The molecule has 0 bridgehead atoms. The number of hydrogen-bond donors (Lipinski definition) is 1. The van der Waals surface area contributed by atoms with Gasteiger partial charge in [-0.2, -0.15) is 5.10 Å². The van der Waals surface area contributed by atoms with Gasteiger partial charge < -0.3 is 5.73 Å². The summed E-state index contributed by atoms with van der Waals surface area (Å²) in [7, 11) is 1.98. The quantitative estimate of drug-likeness (QED) is 0.853. The average Bonchev–Trinajstić information content (AvgIpc) is 2.77. The number of rotatable bonds is 2. The molecular weight excluding hydrogens is 248 g/mol. The fourth-order valence-corrected chi connectivity index (χ4v) is 3.18. The second-order valence-electron chi connectivity index (χ2n) is 5.72. The minimum atomic E-state index is 0.372. The molecule has 1 aromatic heterocycles. The van der Waals surface area contributed by atoms with Crippen molar-refractivity contribution in [2.24, 2.45) is 7.05 Å². The highest BCUT2D eigenvalue weighted by Gasteiger charge is 2.24. The zero-order valence-electron chi connectivity index (χ0n) is 12.4. The highest BCUT2D eigenvalue weighted by Crippen LogP contribution is 2.31. The summed E-state index contributed by atoms with van der Waals surface area (Å²) in [4.78, 5) is 2.49. The van der Waals surface area contributed by atoms with Crippen molar-refractivity contribution in [2.45, 2.75) is 32.9 Å². The lowest BCUT2D eigenvalue weighted by Gasteiger charge is -2.34. The smallest absolute Gasteiger partial charge is 0.0641 e. The van der Waals surface area contributed by atoms with Gasteiger partial charge in [-0.3, -0.25) is 9.58 Å². The molecule has 0 saturated heterocycles. The normalized spacial score (nSPS) is 16.9. The van der Waals surface area contributed by atoms with E-state index in [4.69, 9.17) is 5.73 Å². The molecular formula is C16H22N4. The lowest BCUT2D eigenvalue weighted by Crippen LogP contribution is -2.33. The SMILES string of the molecule is Cc1nn(C)cc1C(C)N1CCc2cccc(N)c2C1. The fraction of sp³-hybridized carbons (Fsp3) is 0.438. The van der Waals surface area contributed by atoms with Crippen molar-refractivity contribution in [3.8, 4) is 0 Å². The van der Waals surface area contributed by atoms with Crippen LogP contribution < -0.4 is 5.73 Å². The minimum Gasteiger partial charge on any atom is -0.398 e. The molecule has 20 heavy (non-hydrogen) atoms. The third kappa shape index (κ3) is 2.20.